The minimum Gasteiger partial charge on any atom is -0.495 e. The van der Waals surface area contributed by atoms with E-state index in [2.05, 4.69) is 14.9 Å². The summed E-state index contributed by atoms with van der Waals surface area (Å²) < 4.78 is 37.5. The zero-order valence-electron chi connectivity index (χ0n) is 17.6. The zero-order chi connectivity index (χ0) is 22.0. The Labute approximate surface area is 178 Å². The minimum atomic E-state index is -3.84. The fraction of sp³-hybridized carbons (Fsp3) is 0.381. The van der Waals surface area contributed by atoms with E-state index in [1.807, 2.05) is 37.4 Å². The first-order chi connectivity index (χ1) is 14.4. The molecule has 30 heavy (non-hydrogen) atoms. The maximum atomic E-state index is 12.5. The van der Waals surface area contributed by atoms with E-state index in [1.165, 1.54) is 26.4 Å². The van der Waals surface area contributed by atoms with Gasteiger partial charge in [0.2, 0.25) is 10.0 Å². The van der Waals surface area contributed by atoms with E-state index in [1.54, 1.807) is 6.07 Å². The first-order valence-corrected chi connectivity index (χ1v) is 11.1. The third kappa shape index (κ3) is 6.72. The van der Waals surface area contributed by atoms with Crippen molar-refractivity contribution < 1.29 is 22.7 Å². The Morgan fingerprint density at radius 3 is 2.47 bits per heavy atom. The molecule has 0 fully saturated rings. The maximum absolute atomic E-state index is 12.5. The van der Waals surface area contributed by atoms with E-state index in [0.717, 1.165) is 18.7 Å². The normalized spacial score (nSPS) is 11.2. The van der Waals surface area contributed by atoms with Crippen molar-refractivity contribution in [2.24, 2.45) is 0 Å². The third-order valence-electron chi connectivity index (χ3n) is 4.47. The van der Waals surface area contributed by atoms with Crippen LogP contribution in [0.1, 0.15) is 16.8 Å². The van der Waals surface area contributed by atoms with Gasteiger partial charge >= 0.3 is 0 Å². The highest BCUT2D eigenvalue weighted by atomic mass is 32.2. The number of anilines is 1. The number of sulfonamides is 1. The van der Waals surface area contributed by atoms with Gasteiger partial charge in [-0.1, -0.05) is 18.2 Å². The molecular weight excluding hydrogens is 406 g/mol. The summed E-state index contributed by atoms with van der Waals surface area (Å²) in [5.74, 6) is -0.172. The van der Waals surface area contributed by atoms with E-state index in [9.17, 15) is 13.2 Å². The van der Waals surface area contributed by atoms with E-state index in [0.29, 0.717) is 6.54 Å². The number of ether oxygens (including phenoxy) is 2. The number of amides is 1. The summed E-state index contributed by atoms with van der Waals surface area (Å²) >= 11 is 0. The van der Waals surface area contributed by atoms with E-state index >= 15 is 0 Å². The van der Waals surface area contributed by atoms with Crippen molar-refractivity contribution in [1.82, 2.24) is 10.0 Å². The largest absolute Gasteiger partial charge is 0.495 e. The molecule has 0 unspecified atom stereocenters. The molecule has 0 saturated carbocycles. The quantitative estimate of drug-likeness (QED) is 0.494. The second-order valence-electron chi connectivity index (χ2n) is 6.62. The molecule has 9 heteroatoms. The molecule has 8 nitrogen and oxygen atoms in total. The predicted molar refractivity (Wildman–Crippen MR) is 117 cm³/mol. The van der Waals surface area contributed by atoms with Crippen LogP contribution in [0, 0.1) is 0 Å². The molecule has 0 bridgehead atoms. The lowest BCUT2D eigenvalue weighted by atomic mass is 10.2. The van der Waals surface area contributed by atoms with Gasteiger partial charge in [0, 0.05) is 45.0 Å². The molecule has 0 radical (unpaired) electrons. The van der Waals surface area contributed by atoms with Gasteiger partial charge in [-0.05, 0) is 36.8 Å². The van der Waals surface area contributed by atoms with Gasteiger partial charge in [-0.25, -0.2) is 13.1 Å². The van der Waals surface area contributed by atoms with Gasteiger partial charge in [0.05, 0.1) is 13.7 Å². The summed E-state index contributed by atoms with van der Waals surface area (Å²) in [6.45, 7) is 1.60. The molecule has 0 aromatic heterocycles. The molecule has 0 saturated heterocycles. The average Bonchev–Trinajstić information content (AvgIpc) is 2.76. The standard InChI is InChI=1S/C21H29N3O5S/c1-24(18-8-5-4-6-9-18)14-7-12-22-21(25)17-10-11-19(29-3)20(16-17)30(26,27)23-13-15-28-2/h4-6,8-11,16,23H,7,12-15H2,1-3H3,(H,22,25). The van der Waals surface area contributed by atoms with Crippen LogP contribution in [0.4, 0.5) is 5.69 Å². The van der Waals surface area contributed by atoms with Crippen LogP contribution >= 0.6 is 0 Å². The van der Waals surface area contributed by atoms with Crippen LogP contribution in [-0.4, -0.2) is 61.8 Å². The highest BCUT2D eigenvalue weighted by molar-refractivity contribution is 7.89. The van der Waals surface area contributed by atoms with Crippen LogP contribution < -0.4 is 19.7 Å². The van der Waals surface area contributed by atoms with Gasteiger partial charge in [-0.2, -0.15) is 0 Å². The number of carbonyl (C=O) groups is 1. The van der Waals surface area contributed by atoms with Gasteiger partial charge in [-0.15, -0.1) is 0 Å². The lowest BCUT2D eigenvalue weighted by Crippen LogP contribution is -2.29. The molecule has 0 spiro atoms. The summed E-state index contributed by atoms with van der Waals surface area (Å²) in [4.78, 5) is 14.5. The number of carbonyl (C=O) groups excluding carboxylic acids is 1. The highest BCUT2D eigenvalue weighted by Crippen LogP contribution is 2.24. The topological polar surface area (TPSA) is 97.0 Å². The fourth-order valence-electron chi connectivity index (χ4n) is 2.82. The van der Waals surface area contributed by atoms with Crippen molar-refractivity contribution in [2.75, 3.05) is 52.4 Å². The number of hydrogen-bond donors (Lipinski definition) is 2. The van der Waals surface area contributed by atoms with Crippen LogP contribution in [0.3, 0.4) is 0 Å². The molecule has 2 rings (SSSR count). The first-order valence-electron chi connectivity index (χ1n) is 9.60. The second-order valence-corrected chi connectivity index (χ2v) is 8.36. The summed E-state index contributed by atoms with van der Waals surface area (Å²) in [5, 5.41) is 2.83. The summed E-state index contributed by atoms with van der Waals surface area (Å²) in [7, 11) is 1.02. The number of nitrogens with one attached hydrogen (secondary N) is 2. The minimum absolute atomic E-state index is 0.0856. The van der Waals surface area contributed by atoms with Crippen molar-refractivity contribution in [3.05, 3.63) is 54.1 Å². The van der Waals surface area contributed by atoms with Crippen molar-refractivity contribution in [3.63, 3.8) is 0 Å². The summed E-state index contributed by atoms with van der Waals surface area (Å²) in [5.41, 5.74) is 1.36. The second kappa shape index (κ2) is 11.5. The Morgan fingerprint density at radius 2 is 1.80 bits per heavy atom. The van der Waals surface area contributed by atoms with Gasteiger partial charge in [0.15, 0.2) is 0 Å². The Hall–Kier alpha value is -2.62. The first kappa shape index (κ1) is 23.7. The number of para-hydroxylation sites is 1. The third-order valence-corrected chi connectivity index (χ3v) is 5.95. The average molecular weight is 436 g/mol. The van der Waals surface area contributed by atoms with Crippen molar-refractivity contribution >= 4 is 21.6 Å². The highest BCUT2D eigenvalue weighted by Gasteiger charge is 2.21. The molecule has 0 heterocycles. The van der Waals surface area contributed by atoms with E-state index in [-0.39, 0.29) is 35.3 Å². The summed E-state index contributed by atoms with van der Waals surface area (Å²) in [6.07, 6.45) is 0.747. The van der Waals surface area contributed by atoms with Crippen LogP contribution in [0.2, 0.25) is 0 Å². The van der Waals surface area contributed by atoms with E-state index in [4.69, 9.17) is 9.47 Å². The van der Waals surface area contributed by atoms with E-state index < -0.39 is 10.0 Å². The molecule has 2 aromatic rings. The van der Waals surface area contributed by atoms with Crippen molar-refractivity contribution in [3.8, 4) is 5.75 Å². The number of benzene rings is 2. The molecule has 0 aliphatic rings. The molecule has 0 aliphatic heterocycles. The lowest BCUT2D eigenvalue weighted by molar-refractivity contribution is 0.0953. The Kier molecular flexibility index (Phi) is 9.10. The molecule has 0 atom stereocenters. The van der Waals surface area contributed by atoms with Gasteiger partial charge in [0.1, 0.15) is 10.6 Å². The SMILES string of the molecule is COCCNS(=O)(=O)c1cc(C(=O)NCCCN(C)c2ccccc2)ccc1OC. The van der Waals surface area contributed by atoms with Crippen LogP contribution in [-0.2, 0) is 14.8 Å². The lowest BCUT2D eigenvalue weighted by Gasteiger charge is -2.19. The van der Waals surface area contributed by atoms with Crippen LogP contribution in [0.25, 0.3) is 0 Å². The molecule has 2 aromatic carbocycles. The van der Waals surface area contributed by atoms with Crippen LogP contribution in [0.15, 0.2) is 53.4 Å². The maximum Gasteiger partial charge on any atom is 0.251 e. The van der Waals surface area contributed by atoms with Crippen LogP contribution in [0.5, 0.6) is 5.75 Å². The van der Waals surface area contributed by atoms with Gasteiger partial charge < -0.3 is 19.7 Å². The summed E-state index contributed by atoms with van der Waals surface area (Å²) in [6, 6.07) is 14.3. The predicted octanol–water partition coefficient (Wildman–Crippen LogP) is 1.88. The van der Waals surface area contributed by atoms with Gasteiger partial charge in [-0.3, -0.25) is 4.79 Å². The zero-order valence-corrected chi connectivity index (χ0v) is 18.4. The Bertz CT molecular complexity index is 919. The molecule has 0 aliphatic carbocycles. The number of nitrogens with zero attached hydrogens (tertiary/aromatic N) is 1. The Balaban J connectivity index is 1.97. The Morgan fingerprint density at radius 1 is 1.07 bits per heavy atom. The molecule has 164 valence electrons. The number of rotatable bonds is 12. The smallest absolute Gasteiger partial charge is 0.251 e. The van der Waals surface area contributed by atoms with Gasteiger partial charge in [0.25, 0.3) is 5.91 Å². The van der Waals surface area contributed by atoms with Crippen molar-refractivity contribution in [1.29, 1.82) is 0 Å². The molecule has 2 N–H and O–H groups in total. The molecular formula is C21H29N3O5S. The monoisotopic (exact) mass is 435 g/mol. The fourth-order valence-corrected chi connectivity index (χ4v) is 4.02. The number of hydrogen-bond acceptors (Lipinski definition) is 6. The molecule has 1 amide bonds. The number of methoxy groups -OCH3 is 2. The van der Waals surface area contributed by atoms with Crippen molar-refractivity contribution in [2.45, 2.75) is 11.3 Å².